The molecule has 1 aromatic heterocycles. The van der Waals surface area contributed by atoms with Crippen LogP contribution in [0.3, 0.4) is 0 Å². The van der Waals surface area contributed by atoms with Crippen LogP contribution >= 0.6 is 0 Å². The summed E-state index contributed by atoms with van der Waals surface area (Å²) in [4.78, 5) is 10.5. The molecule has 0 spiro atoms. The third kappa shape index (κ3) is 3.11. The minimum absolute atomic E-state index is 0.0529. The molecule has 106 valence electrons. The van der Waals surface area contributed by atoms with Gasteiger partial charge in [-0.3, -0.25) is 9.48 Å². The first-order chi connectivity index (χ1) is 8.89. The van der Waals surface area contributed by atoms with Crippen LogP contribution in [-0.2, 0) is 21.4 Å². The predicted octanol–water partition coefficient (Wildman–Crippen LogP) is -0.887. The van der Waals surface area contributed by atoms with Gasteiger partial charge in [-0.25, -0.2) is 8.42 Å². The highest BCUT2D eigenvalue weighted by atomic mass is 32.2. The first-order valence-electron chi connectivity index (χ1n) is 5.82. The van der Waals surface area contributed by atoms with E-state index in [1.807, 2.05) is 0 Å². The molecule has 1 fully saturated rings. The molecular weight excluding hydrogens is 274 g/mol. The smallest absolute Gasteiger partial charge is 0.325 e. The summed E-state index contributed by atoms with van der Waals surface area (Å²) < 4.78 is 26.7. The molecule has 2 rings (SSSR count). The normalized spacial score (nSPS) is 21.4. The van der Waals surface area contributed by atoms with E-state index in [-0.39, 0.29) is 11.4 Å². The van der Waals surface area contributed by atoms with Crippen molar-refractivity contribution < 1.29 is 23.4 Å². The Morgan fingerprint density at radius 1 is 1.53 bits per heavy atom. The second-order valence-electron chi connectivity index (χ2n) is 4.43. The van der Waals surface area contributed by atoms with E-state index in [1.165, 1.54) is 10.5 Å². The fourth-order valence-electron chi connectivity index (χ4n) is 1.99. The van der Waals surface area contributed by atoms with Gasteiger partial charge in [-0.2, -0.15) is 9.40 Å². The molecule has 0 amide bonds. The van der Waals surface area contributed by atoms with E-state index in [9.17, 15) is 18.3 Å². The molecule has 8 nitrogen and oxygen atoms in total. The molecule has 1 saturated heterocycles. The van der Waals surface area contributed by atoms with E-state index in [0.29, 0.717) is 19.4 Å². The highest BCUT2D eigenvalue weighted by Crippen LogP contribution is 2.20. The maximum Gasteiger partial charge on any atom is 0.325 e. The topological polar surface area (TPSA) is 113 Å². The molecule has 0 radical (unpaired) electrons. The summed E-state index contributed by atoms with van der Waals surface area (Å²) in [5.74, 6) is -1.10. The van der Waals surface area contributed by atoms with Crippen LogP contribution in [0.2, 0.25) is 0 Å². The number of aromatic nitrogens is 2. The summed E-state index contributed by atoms with van der Waals surface area (Å²) in [6.45, 7) is 0.0219. The molecule has 1 aliphatic heterocycles. The van der Waals surface area contributed by atoms with Crippen LogP contribution in [0.1, 0.15) is 12.8 Å². The van der Waals surface area contributed by atoms with Gasteiger partial charge in [0.25, 0.3) is 0 Å². The number of rotatable bonds is 4. The standard InChI is InChI=1S/C10H15N3O5S/c14-8-2-1-3-13(5-8)19(17,18)9-4-11-12(6-9)7-10(15)16/h4,6,8,14H,1-3,5,7H2,(H,15,16). The zero-order valence-corrected chi connectivity index (χ0v) is 11.0. The number of aliphatic carboxylic acids is 1. The summed E-state index contributed by atoms with van der Waals surface area (Å²) >= 11 is 0. The van der Waals surface area contributed by atoms with E-state index in [0.717, 1.165) is 10.9 Å². The number of piperidine rings is 1. The van der Waals surface area contributed by atoms with Crippen molar-refractivity contribution in [2.75, 3.05) is 13.1 Å². The van der Waals surface area contributed by atoms with Crippen LogP contribution < -0.4 is 0 Å². The molecule has 9 heteroatoms. The van der Waals surface area contributed by atoms with Gasteiger partial charge in [0.2, 0.25) is 10.0 Å². The van der Waals surface area contributed by atoms with Gasteiger partial charge < -0.3 is 10.2 Å². The molecular formula is C10H15N3O5S. The Kier molecular flexibility index (Phi) is 3.88. The van der Waals surface area contributed by atoms with Gasteiger partial charge in [-0.15, -0.1) is 0 Å². The quantitative estimate of drug-likeness (QED) is 0.743. The number of sulfonamides is 1. The van der Waals surface area contributed by atoms with E-state index in [2.05, 4.69) is 5.10 Å². The first kappa shape index (κ1) is 14.0. The monoisotopic (exact) mass is 289 g/mol. The Hall–Kier alpha value is -1.45. The Morgan fingerprint density at radius 2 is 2.26 bits per heavy atom. The largest absolute Gasteiger partial charge is 0.480 e. The maximum atomic E-state index is 12.2. The van der Waals surface area contributed by atoms with Crippen molar-refractivity contribution in [3.05, 3.63) is 12.4 Å². The third-order valence-corrected chi connectivity index (χ3v) is 4.72. The highest BCUT2D eigenvalue weighted by Gasteiger charge is 2.30. The average Bonchev–Trinajstić information content (AvgIpc) is 2.77. The van der Waals surface area contributed by atoms with Crippen LogP contribution in [0.4, 0.5) is 0 Å². The van der Waals surface area contributed by atoms with Gasteiger partial charge in [0.05, 0.1) is 12.3 Å². The molecule has 1 unspecified atom stereocenters. The number of β-amino-alcohol motifs (C(OH)–C–C–N with tert-alkyl or cyclic N) is 1. The number of carboxylic acid groups (broad SMARTS) is 1. The summed E-state index contributed by atoms with van der Waals surface area (Å²) in [5, 5.41) is 21.8. The fourth-order valence-corrected chi connectivity index (χ4v) is 3.46. The Bertz CT molecular complexity index is 567. The number of carbonyl (C=O) groups is 1. The molecule has 0 saturated carbocycles. The molecule has 19 heavy (non-hydrogen) atoms. The number of nitrogens with zero attached hydrogens (tertiary/aromatic N) is 3. The maximum absolute atomic E-state index is 12.2. The Morgan fingerprint density at radius 3 is 2.89 bits per heavy atom. The summed E-state index contributed by atoms with van der Waals surface area (Å²) in [5.41, 5.74) is 0. The summed E-state index contributed by atoms with van der Waals surface area (Å²) in [7, 11) is -3.71. The van der Waals surface area contributed by atoms with Crippen LogP contribution in [0, 0.1) is 0 Å². The lowest BCUT2D eigenvalue weighted by atomic mass is 10.1. The lowest BCUT2D eigenvalue weighted by Gasteiger charge is -2.28. The van der Waals surface area contributed by atoms with Crippen molar-refractivity contribution in [1.29, 1.82) is 0 Å². The van der Waals surface area contributed by atoms with Crippen molar-refractivity contribution in [3.8, 4) is 0 Å². The zero-order chi connectivity index (χ0) is 14.0. The fraction of sp³-hybridized carbons (Fsp3) is 0.600. The second kappa shape index (κ2) is 5.27. The average molecular weight is 289 g/mol. The van der Waals surface area contributed by atoms with Crippen molar-refractivity contribution in [2.24, 2.45) is 0 Å². The van der Waals surface area contributed by atoms with Gasteiger partial charge in [-0.1, -0.05) is 0 Å². The number of aliphatic hydroxyl groups excluding tert-OH is 1. The van der Waals surface area contributed by atoms with Gasteiger partial charge in [-0.05, 0) is 12.8 Å². The zero-order valence-electron chi connectivity index (χ0n) is 10.1. The number of carboxylic acids is 1. The second-order valence-corrected chi connectivity index (χ2v) is 6.36. The van der Waals surface area contributed by atoms with Crippen molar-refractivity contribution in [1.82, 2.24) is 14.1 Å². The van der Waals surface area contributed by atoms with Crippen molar-refractivity contribution in [3.63, 3.8) is 0 Å². The lowest BCUT2D eigenvalue weighted by molar-refractivity contribution is -0.137. The van der Waals surface area contributed by atoms with Crippen LogP contribution in [-0.4, -0.2) is 57.9 Å². The van der Waals surface area contributed by atoms with E-state index < -0.39 is 28.6 Å². The molecule has 1 atom stereocenters. The molecule has 1 aromatic rings. The van der Waals surface area contributed by atoms with E-state index in [1.54, 1.807) is 0 Å². The van der Waals surface area contributed by atoms with Crippen LogP contribution in [0.25, 0.3) is 0 Å². The van der Waals surface area contributed by atoms with Crippen molar-refractivity contribution in [2.45, 2.75) is 30.4 Å². The van der Waals surface area contributed by atoms with Gasteiger partial charge in [0.1, 0.15) is 11.4 Å². The molecule has 0 aromatic carbocycles. The van der Waals surface area contributed by atoms with Crippen molar-refractivity contribution >= 4 is 16.0 Å². The highest BCUT2D eigenvalue weighted by molar-refractivity contribution is 7.89. The Labute approximate surface area is 110 Å². The third-order valence-electron chi connectivity index (χ3n) is 2.90. The molecule has 0 aliphatic carbocycles. The number of hydrogen-bond acceptors (Lipinski definition) is 5. The van der Waals surface area contributed by atoms with E-state index in [4.69, 9.17) is 5.11 Å². The predicted molar refractivity (Wildman–Crippen MR) is 63.9 cm³/mol. The Balaban J connectivity index is 2.19. The minimum atomic E-state index is -3.71. The summed E-state index contributed by atoms with van der Waals surface area (Å²) in [6.07, 6.45) is 2.84. The van der Waals surface area contributed by atoms with Crippen LogP contribution in [0.15, 0.2) is 17.3 Å². The lowest BCUT2D eigenvalue weighted by Crippen LogP contribution is -2.41. The summed E-state index contributed by atoms with van der Waals surface area (Å²) in [6, 6.07) is 0. The van der Waals surface area contributed by atoms with Gasteiger partial charge in [0, 0.05) is 19.3 Å². The molecule has 2 heterocycles. The first-order valence-corrected chi connectivity index (χ1v) is 7.26. The molecule has 2 N–H and O–H groups in total. The van der Waals surface area contributed by atoms with Crippen LogP contribution in [0.5, 0.6) is 0 Å². The number of hydrogen-bond donors (Lipinski definition) is 2. The van der Waals surface area contributed by atoms with Gasteiger partial charge >= 0.3 is 5.97 Å². The van der Waals surface area contributed by atoms with E-state index >= 15 is 0 Å². The molecule has 0 bridgehead atoms. The number of aliphatic hydroxyl groups is 1. The van der Waals surface area contributed by atoms with Gasteiger partial charge in [0.15, 0.2) is 0 Å². The molecule has 1 aliphatic rings. The SMILES string of the molecule is O=C(O)Cn1cc(S(=O)(=O)N2CCCC(O)C2)cn1. The minimum Gasteiger partial charge on any atom is -0.480 e.